The number of aromatic nitrogens is 8. The molecule has 2 aliphatic rings. The highest BCUT2D eigenvalue weighted by Gasteiger charge is 2.43. The minimum atomic E-state index is -5.56. The van der Waals surface area contributed by atoms with Crippen molar-refractivity contribution in [2.75, 3.05) is 0 Å². The Hall–Kier alpha value is -4.80. The van der Waals surface area contributed by atoms with Gasteiger partial charge in [-0.2, -0.15) is 0 Å². The molecule has 0 saturated heterocycles. The molecule has 0 saturated carbocycles. The lowest BCUT2D eigenvalue weighted by atomic mass is 10.1. The number of H-pyrrole nitrogens is 2. The van der Waals surface area contributed by atoms with Crippen molar-refractivity contribution in [1.82, 2.24) is 39.9 Å². The quantitative estimate of drug-likeness (QED) is 0.177. The maximum atomic E-state index is 13.5. The molecule has 24 heteroatoms. The minimum Gasteiger partial charge on any atom is -0.324 e. The summed E-state index contributed by atoms with van der Waals surface area (Å²) in [6, 6.07) is 20.6. The number of rotatable bonds is 4. The van der Waals surface area contributed by atoms with Crippen LogP contribution in [0.4, 0.5) is 0 Å². The van der Waals surface area contributed by atoms with E-state index in [1.807, 2.05) is 24.3 Å². The topological polar surface area (TPSA) is 245 Å². The Labute approximate surface area is 332 Å². The van der Waals surface area contributed by atoms with Gasteiger partial charge >= 0.3 is 0 Å². The van der Waals surface area contributed by atoms with Crippen molar-refractivity contribution in [3.63, 3.8) is 0 Å². The van der Waals surface area contributed by atoms with E-state index in [9.17, 15) is 33.7 Å². The molecule has 0 amide bonds. The number of hydrogen-bond acceptors (Lipinski definition) is 14. The van der Waals surface area contributed by atoms with E-state index in [-0.39, 0.29) is 23.3 Å². The van der Waals surface area contributed by atoms with Gasteiger partial charge in [0.25, 0.3) is 36.2 Å². The van der Waals surface area contributed by atoms with Crippen LogP contribution in [0.1, 0.15) is 0 Å². The van der Waals surface area contributed by atoms with Crippen molar-refractivity contribution in [3.8, 4) is 45.6 Å². The van der Waals surface area contributed by atoms with E-state index < -0.39 is 77.9 Å². The number of aromatic amines is 2. The van der Waals surface area contributed by atoms with Gasteiger partial charge in [0, 0.05) is 75.8 Å². The van der Waals surface area contributed by atoms with E-state index in [2.05, 4.69) is 29.9 Å². The lowest BCUT2D eigenvalue weighted by molar-refractivity contribution is 0.583. The average molecular weight is 909 g/mol. The molecule has 9 rings (SSSR count). The number of nitrogens with one attached hydrogen (secondary N) is 2. The van der Waals surface area contributed by atoms with Gasteiger partial charge in [-0.05, 0) is 0 Å². The van der Waals surface area contributed by atoms with Crippen molar-refractivity contribution in [2.45, 2.75) is 19.6 Å². The number of hydrogen-bond donors (Lipinski definition) is 2. The second-order valence-corrected chi connectivity index (χ2v) is 22.1. The molecule has 4 aromatic carbocycles. The molecule has 8 bridgehead atoms. The van der Waals surface area contributed by atoms with Crippen LogP contribution in [0.15, 0.2) is 92.4 Å². The Morgan fingerprint density at radius 2 is 0.625 bits per heavy atom. The van der Waals surface area contributed by atoms with Gasteiger partial charge in [-0.3, -0.25) is 0 Å². The van der Waals surface area contributed by atoms with Crippen molar-refractivity contribution < 1.29 is 33.7 Å². The Morgan fingerprint density at radius 1 is 0.357 bits per heavy atom. The van der Waals surface area contributed by atoms with E-state index in [1.165, 1.54) is 0 Å². The van der Waals surface area contributed by atoms with Crippen molar-refractivity contribution in [3.05, 3.63) is 72.8 Å². The summed E-state index contributed by atoms with van der Waals surface area (Å²) in [5, 5.41) is -0.436. The largest absolute Gasteiger partial charge is 0.324 e. The van der Waals surface area contributed by atoms with Gasteiger partial charge in [0.2, 0.25) is 0 Å². The molecular formula is C32H14Cl4N8O8S4. The fourth-order valence-corrected chi connectivity index (χ4v) is 14.3. The Kier molecular flexibility index (Phi) is 8.12. The van der Waals surface area contributed by atoms with Crippen LogP contribution in [-0.4, -0.2) is 73.5 Å². The SMILES string of the molecule is O=S(=O)(Cl)c1c(S(=O)(=O)Cl)c(S(=O)(=O)Cl)c2c3nc4nc(nc5[nH]c(nc6nc(nc([nH]3)c2c1S(=O)(=O)Cl)-c1ccccc1-6)c1ccccc51)-c1ccccc1-4. The van der Waals surface area contributed by atoms with E-state index in [1.54, 1.807) is 48.5 Å². The molecule has 0 aliphatic carbocycles. The Balaban J connectivity index is 1.65. The van der Waals surface area contributed by atoms with Gasteiger partial charge in [-0.1, -0.05) is 72.8 Å². The number of fused-ring (bicyclic) bond motifs is 20. The number of benzene rings is 4. The fourth-order valence-electron chi connectivity index (χ4n) is 6.70. The lowest BCUT2D eigenvalue weighted by Crippen LogP contribution is -2.13. The van der Waals surface area contributed by atoms with E-state index in [4.69, 9.17) is 52.7 Å². The van der Waals surface area contributed by atoms with Crippen LogP contribution in [0.2, 0.25) is 0 Å². The molecular weight excluding hydrogens is 894 g/mol. The highest BCUT2D eigenvalue weighted by molar-refractivity contribution is 8.18. The third kappa shape index (κ3) is 5.82. The molecule has 3 aromatic heterocycles. The summed E-state index contributed by atoms with van der Waals surface area (Å²) in [6.45, 7) is 0. The third-order valence-corrected chi connectivity index (χ3v) is 14.6. The highest BCUT2D eigenvalue weighted by atomic mass is 35.7. The second-order valence-electron chi connectivity index (χ2n) is 12.1. The number of nitrogens with zero attached hydrogens (tertiary/aromatic N) is 6. The maximum absolute atomic E-state index is 13.5. The molecule has 0 unspecified atom stereocenters. The molecule has 2 N–H and O–H groups in total. The van der Waals surface area contributed by atoms with Gasteiger partial charge in [0.05, 0.1) is 10.8 Å². The van der Waals surface area contributed by atoms with Crippen LogP contribution < -0.4 is 0 Å². The Morgan fingerprint density at radius 3 is 0.929 bits per heavy atom. The zero-order chi connectivity index (χ0) is 39.7. The molecule has 0 fully saturated rings. The summed E-state index contributed by atoms with van der Waals surface area (Å²) in [4.78, 5) is 27.3. The van der Waals surface area contributed by atoms with Gasteiger partial charge in [-0.15, -0.1) is 0 Å². The molecule has 2 aliphatic heterocycles. The summed E-state index contributed by atoms with van der Waals surface area (Å²) in [5.41, 5.74) is 1.07. The third-order valence-electron chi connectivity index (χ3n) is 8.79. The highest BCUT2D eigenvalue weighted by Crippen LogP contribution is 2.48. The molecule has 5 heterocycles. The normalized spacial score (nSPS) is 13.2. The lowest BCUT2D eigenvalue weighted by Gasteiger charge is -2.14. The first-order valence-corrected chi connectivity index (χ1v) is 24.7. The zero-order valence-electron chi connectivity index (χ0n) is 27.0. The van der Waals surface area contributed by atoms with E-state index in [0.29, 0.717) is 44.3 Å². The average Bonchev–Trinajstić information content (AvgIpc) is 3.84. The van der Waals surface area contributed by atoms with Gasteiger partial charge in [0.1, 0.15) is 42.2 Å². The summed E-state index contributed by atoms with van der Waals surface area (Å²) in [5.74, 6) is -0.0328. The van der Waals surface area contributed by atoms with Crippen LogP contribution >= 0.6 is 42.7 Å². The maximum Gasteiger partial charge on any atom is 0.264 e. The smallest absolute Gasteiger partial charge is 0.264 e. The first-order valence-electron chi connectivity index (χ1n) is 15.4. The van der Waals surface area contributed by atoms with Crippen molar-refractivity contribution >= 4 is 123 Å². The molecule has 282 valence electrons. The molecule has 7 aromatic rings. The first kappa shape index (κ1) is 36.8. The molecule has 0 atom stereocenters. The second kappa shape index (κ2) is 12.3. The molecule has 0 radical (unpaired) electrons. The van der Waals surface area contributed by atoms with Crippen LogP contribution in [0.5, 0.6) is 0 Å². The molecule has 56 heavy (non-hydrogen) atoms. The summed E-state index contributed by atoms with van der Waals surface area (Å²) in [6.07, 6.45) is 0. The van der Waals surface area contributed by atoms with Gasteiger partial charge in [-0.25, -0.2) is 63.6 Å². The van der Waals surface area contributed by atoms with Crippen molar-refractivity contribution in [2.24, 2.45) is 0 Å². The molecule has 16 nitrogen and oxygen atoms in total. The first-order chi connectivity index (χ1) is 26.3. The minimum absolute atomic E-state index is 0.124. The van der Waals surface area contributed by atoms with Crippen LogP contribution in [0.25, 0.3) is 89.7 Å². The zero-order valence-corrected chi connectivity index (χ0v) is 33.3. The Bertz CT molecular complexity index is 3390. The van der Waals surface area contributed by atoms with E-state index in [0.717, 1.165) is 0 Å². The monoisotopic (exact) mass is 906 g/mol. The standard InChI is InChI=1S/C32H14Cl4N8O8S4/c33-53(45,46)21-19-20(22(54(34,47)48)24(56(36,51)52)23(21)55(35,49)50)32-43-30-18-12-6-4-10-16(18)28(41-30)39-26-14-8-2-1-7-13(14)25(37-26)38-27-15-9-3-5-11-17(15)29(40-27)42-31(19)44-32/h1-12H,(H2,37,38,39,40,41,42,43,44). The predicted molar refractivity (Wildman–Crippen MR) is 208 cm³/mol. The van der Waals surface area contributed by atoms with Crippen molar-refractivity contribution in [1.29, 1.82) is 0 Å². The van der Waals surface area contributed by atoms with Gasteiger partial charge < -0.3 is 9.97 Å². The fraction of sp³-hybridized carbons (Fsp3) is 0. The molecule has 0 spiro atoms. The van der Waals surface area contributed by atoms with Crippen LogP contribution in [-0.2, 0) is 36.2 Å². The van der Waals surface area contributed by atoms with E-state index >= 15 is 0 Å². The van der Waals surface area contributed by atoms with Crippen LogP contribution in [0, 0.1) is 0 Å². The summed E-state index contributed by atoms with van der Waals surface area (Å²) in [7, 11) is 1.17. The van der Waals surface area contributed by atoms with Gasteiger partial charge in [0.15, 0.2) is 23.3 Å². The predicted octanol–water partition coefficient (Wildman–Crippen LogP) is 6.58. The summed E-state index contributed by atoms with van der Waals surface area (Å²) < 4.78 is 107. The van der Waals surface area contributed by atoms with Crippen LogP contribution in [0.3, 0.4) is 0 Å². The summed E-state index contributed by atoms with van der Waals surface area (Å²) >= 11 is 0. The number of halogens is 4.